The highest BCUT2D eigenvalue weighted by atomic mass is 16.6. The van der Waals surface area contributed by atoms with Gasteiger partial charge < -0.3 is 19.5 Å². The molecule has 0 aromatic rings. The Balaban J connectivity index is 2.22. The summed E-state index contributed by atoms with van der Waals surface area (Å²) >= 11 is 0. The van der Waals surface area contributed by atoms with Gasteiger partial charge in [0.1, 0.15) is 6.61 Å². The zero-order valence-corrected chi connectivity index (χ0v) is 8.60. The number of carbonyl (C=O) groups is 3. The highest BCUT2D eigenvalue weighted by Gasteiger charge is 2.23. The van der Waals surface area contributed by atoms with Gasteiger partial charge in [-0.25, -0.2) is 14.4 Å². The fourth-order valence-corrected chi connectivity index (χ4v) is 0.952. The van der Waals surface area contributed by atoms with Gasteiger partial charge in [-0.1, -0.05) is 0 Å². The monoisotopic (exact) mass is 229 g/mol. The molecule has 1 heterocycles. The van der Waals surface area contributed by atoms with Crippen molar-refractivity contribution in [3.8, 4) is 0 Å². The number of amides is 1. The Morgan fingerprint density at radius 2 is 2.19 bits per heavy atom. The minimum Gasteiger partial charge on any atom is -0.466 e. The molecule has 1 aliphatic heterocycles. The van der Waals surface area contributed by atoms with Crippen LogP contribution in [0.5, 0.6) is 0 Å². The molecule has 0 radical (unpaired) electrons. The first-order chi connectivity index (χ1) is 7.61. The Labute approximate surface area is 91.3 Å². The van der Waals surface area contributed by atoms with E-state index in [1.165, 1.54) is 7.11 Å². The maximum atomic E-state index is 11.0. The third-order valence-corrected chi connectivity index (χ3v) is 1.72. The van der Waals surface area contributed by atoms with E-state index in [-0.39, 0.29) is 6.61 Å². The van der Waals surface area contributed by atoms with E-state index < -0.39 is 24.1 Å². The normalized spacial score (nSPS) is 19.1. The summed E-state index contributed by atoms with van der Waals surface area (Å²) in [4.78, 5) is 32.3. The minimum atomic E-state index is -0.701. The average molecular weight is 229 g/mol. The zero-order valence-electron chi connectivity index (χ0n) is 8.60. The van der Waals surface area contributed by atoms with Crippen molar-refractivity contribution in [3.63, 3.8) is 0 Å². The van der Waals surface area contributed by atoms with Gasteiger partial charge in [0.2, 0.25) is 0 Å². The molecule has 0 bridgehead atoms. The number of rotatable bonds is 4. The van der Waals surface area contributed by atoms with E-state index in [1.54, 1.807) is 0 Å². The third kappa shape index (κ3) is 3.99. The fraction of sp³-hybridized carbons (Fsp3) is 0.444. The van der Waals surface area contributed by atoms with Gasteiger partial charge in [0.05, 0.1) is 13.7 Å². The lowest BCUT2D eigenvalue weighted by molar-refractivity contribution is -0.141. The van der Waals surface area contributed by atoms with E-state index in [0.29, 0.717) is 6.54 Å². The van der Waals surface area contributed by atoms with Crippen LogP contribution in [0.4, 0.5) is 4.79 Å². The Morgan fingerprint density at radius 1 is 1.50 bits per heavy atom. The van der Waals surface area contributed by atoms with E-state index in [1.807, 2.05) is 0 Å². The van der Waals surface area contributed by atoms with Crippen molar-refractivity contribution in [2.45, 2.75) is 6.10 Å². The first-order valence-corrected chi connectivity index (χ1v) is 4.49. The lowest BCUT2D eigenvalue weighted by Crippen LogP contribution is -2.21. The minimum absolute atomic E-state index is 0.0525. The van der Waals surface area contributed by atoms with Crippen molar-refractivity contribution in [2.24, 2.45) is 0 Å². The second-order valence-electron chi connectivity index (χ2n) is 2.89. The quantitative estimate of drug-likeness (QED) is 0.392. The summed E-state index contributed by atoms with van der Waals surface area (Å²) in [6.45, 7) is 0.246. The molecule has 16 heavy (non-hydrogen) atoms. The van der Waals surface area contributed by atoms with Crippen LogP contribution < -0.4 is 5.32 Å². The summed E-state index contributed by atoms with van der Waals surface area (Å²) in [5.41, 5.74) is 0. The molecule has 1 saturated heterocycles. The van der Waals surface area contributed by atoms with Crippen molar-refractivity contribution in [3.05, 3.63) is 12.2 Å². The Hall–Kier alpha value is -2.05. The smallest absolute Gasteiger partial charge is 0.407 e. The predicted molar refractivity (Wildman–Crippen MR) is 50.4 cm³/mol. The van der Waals surface area contributed by atoms with Crippen molar-refractivity contribution < 1.29 is 28.6 Å². The van der Waals surface area contributed by atoms with E-state index in [0.717, 1.165) is 12.2 Å². The van der Waals surface area contributed by atoms with Gasteiger partial charge in [-0.15, -0.1) is 0 Å². The topological polar surface area (TPSA) is 90.9 Å². The van der Waals surface area contributed by atoms with Crippen LogP contribution in [0.15, 0.2) is 12.2 Å². The second-order valence-corrected chi connectivity index (χ2v) is 2.89. The number of cyclic esters (lactones) is 1. The number of hydrogen-bond acceptors (Lipinski definition) is 6. The molecule has 0 unspecified atom stereocenters. The van der Waals surface area contributed by atoms with Gasteiger partial charge in [0, 0.05) is 12.2 Å². The molecule has 7 heteroatoms. The molecule has 1 N–H and O–H groups in total. The van der Waals surface area contributed by atoms with Gasteiger partial charge in [0.25, 0.3) is 0 Å². The second kappa shape index (κ2) is 5.74. The molecule has 1 amide bonds. The lowest BCUT2D eigenvalue weighted by Gasteiger charge is -2.06. The van der Waals surface area contributed by atoms with E-state index in [9.17, 15) is 14.4 Å². The molecule has 0 aromatic carbocycles. The molecule has 1 rings (SSSR count). The highest BCUT2D eigenvalue weighted by Crippen LogP contribution is 2.00. The van der Waals surface area contributed by atoms with Crippen molar-refractivity contribution in [1.82, 2.24) is 5.32 Å². The van der Waals surface area contributed by atoms with Crippen LogP contribution in [0.3, 0.4) is 0 Å². The average Bonchev–Trinajstić information content (AvgIpc) is 2.69. The van der Waals surface area contributed by atoms with Crippen LogP contribution in [0, 0.1) is 0 Å². The Kier molecular flexibility index (Phi) is 4.31. The molecule has 0 saturated carbocycles. The number of hydrogen-bond donors (Lipinski definition) is 1. The maximum Gasteiger partial charge on any atom is 0.407 e. The van der Waals surface area contributed by atoms with Crippen molar-refractivity contribution >= 4 is 18.0 Å². The van der Waals surface area contributed by atoms with Crippen LogP contribution in [0.1, 0.15) is 0 Å². The Morgan fingerprint density at radius 3 is 2.75 bits per heavy atom. The van der Waals surface area contributed by atoms with Gasteiger partial charge in [-0.05, 0) is 0 Å². The lowest BCUT2D eigenvalue weighted by atomic mass is 10.4. The van der Waals surface area contributed by atoms with E-state index >= 15 is 0 Å². The molecule has 1 fully saturated rings. The number of carbonyl (C=O) groups excluding carboxylic acids is 3. The predicted octanol–water partition coefficient (Wildman–Crippen LogP) is -0.633. The maximum absolute atomic E-state index is 11.0. The molecule has 0 aromatic heterocycles. The van der Waals surface area contributed by atoms with E-state index in [2.05, 4.69) is 10.1 Å². The number of esters is 2. The highest BCUT2D eigenvalue weighted by molar-refractivity contribution is 5.91. The third-order valence-electron chi connectivity index (χ3n) is 1.72. The summed E-state index contributed by atoms with van der Waals surface area (Å²) in [6.07, 6.45) is 0.867. The van der Waals surface area contributed by atoms with Gasteiger partial charge >= 0.3 is 18.0 Å². The summed E-state index contributed by atoms with van der Waals surface area (Å²) in [5, 5.41) is 2.41. The number of methoxy groups -OCH3 is 1. The number of ether oxygens (including phenoxy) is 3. The van der Waals surface area contributed by atoms with Crippen LogP contribution in [0.2, 0.25) is 0 Å². The first-order valence-electron chi connectivity index (χ1n) is 4.49. The molecular weight excluding hydrogens is 218 g/mol. The zero-order chi connectivity index (χ0) is 12.0. The molecule has 88 valence electrons. The molecular formula is C9H11NO6. The molecule has 1 aliphatic rings. The number of nitrogens with one attached hydrogen (secondary N) is 1. The van der Waals surface area contributed by atoms with Crippen molar-refractivity contribution in [2.75, 3.05) is 20.3 Å². The summed E-state index contributed by atoms with van der Waals surface area (Å²) in [7, 11) is 1.20. The standard InChI is InChI=1S/C9H11NO6/c1-14-7(11)2-3-8(12)15-5-6-4-10-9(13)16-6/h2-3,6H,4-5H2,1H3,(H,10,13)/b3-2+/t6-/m0/s1. The summed E-state index contributed by atoms with van der Waals surface area (Å²) < 4.78 is 13.7. The molecule has 7 nitrogen and oxygen atoms in total. The number of alkyl carbamates (subject to hydrolysis) is 1. The van der Waals surface area contributed by atoms with Gasteiger partial charge in [0.15, 0.2) is 6.10 Å². The van der Waals surface area contributed by atoms with Crippen LogP contribution in [0.25, 0.3) is 0 Å². The van der Waals surface area contributed by atoms with Gasteiger partial charge in [-0.3, -0.25) is 0 Å². The van der Waals surface area contributed by atoms with Crippen LogP contribution in [-0.4, -0.2) is 44.4 Å². The largest absolute Gasteiger partial charge is 0.466 e. The van der Waals surface area contributed by atoms with E-state index in [4.69, 9.17) is 9.47 Å². The fourth-order valence-electron chi connectivity index (χ4n) is 0.952. The molecule has 0 aliphatic carbocycles. The molecule has 1 atom stereocenters. The summed E-state index contributed by atoms with van der Waals surface area (Å²) in [6, 6.07) is 0. The van der Waals surface area contributed by atoms with Crippen molar-refractivity contribution in [1.29, 1.82) is 0 Å². The van der Waals surface area contributed by atoms with Gasteiger partial charge in [-0.2, -0.15) is 0 Å². The molecule has 0 spiro atoms. The Bertz CT molecular complexity index is 324. The SMILES string of the molecule is COC(=O)/C=C/C(=O)OC[C@@H]1CNC(=O)O1. The first kappa shape index (κ1) is 12.0. The van der Waals surface area contributed by atoms with Crippen LogP contribution >= 0.6 is 0 Å². The summed E-state index contributed by atoms with van der Waals surface area (Å²) in [5.74, 6) is -1.35. The van der Waals surface area contributed by atoms with Crippen LogP contribution in [-0.2, 0) is 23.8 Å².